The molecule has 3 amide bonds. The Kier molecular flexibility index (Phi) is 4.19. The molecule has 2 bridgehead atoms. The topological polar surface area (TPSA) is 79.6 Å². The zero-order valence-corrected chi connectivity index (χ0v) is 15.7. The number of benzene rings is 1. The highest BCUT2D eigenvalue weighted by atomic mass is 16.3. The summed E-state index contributed by atoms with van der Waals surface area (Å²) >= 11 is 0. The Morgan fingerprint density at radius 1 is 1.10 bits per heavy atom. The summed E-state index contributed by atoms with van der Waals surface area (Å²) in [5.41, 5.74) is 1.31. The molecule has 1 saturated heterocycles. The Morgan fingerprint density at radius 3 is 2.55 bits per heavy atom. The molecule has 0 spiro atoms. The standard InChI is InChI=1S/C23H20N2O4/c26-19(24-13-18-5-2-10-29-18)9-6-14-3-1-4-17(11-14)25-22(27)20-15-7-8-16(12-15)21(20)23(25)28/h1-11,15-16,20-21H,12-13H2,(H,24,26)/b9-6+/t15-,16-,20+,21+/m1/s1. The van der Waals surface area contributed by atoms with Crippen LogP contribution in [0.5, 0.6) is 0 Å². The van der Waals surface area contributed by atoms with E-state index in [1.165, 1.54) is 11.0 Å². The first-order chi connectivity index (χ1) is 14.1. The van der Waals surface area contributed by atoms with Crippen molar-refractivity contribution in [2.45, 2.75) is 13.0 Å². The van der Waals surface area contributed by atoms with E-state index in [-0.39, 0.29) is 41.4 Å². The van der Waals surface area contributed by atoms with Crippen molar-refractivity contribution >= 4 is 29.5 Å². The molecule has 29 heavy (non-hydrogen) atoms. The SMILES string of the molecule is O=C(/C=C/c1cccc(N2C(=O)[C@@H]3[C@@H](C2=O)[C@@H]2C=C[C@@H]3C2)c1)NCc1ccco1. The van der Waals surface area contributed by atoms with E-state index in [1.807, 2.05) is 6.07 Å². The Hall–Kier alpha value is -3.41. The van der Waals surface area contributed by atoms with Gasteiger partial charge in [-0.1, -0.05) is 24.3 Å². The highest BCUT2D eigenvalue weighted by Crippen LogP contribution is 2.53. The van der Waals surface area contributed by atoms with Crippen LogP contribution in [0.25, 0.3) is 6.08 Å². The van der Waals surface area contributed by atoms with E-state index in [0.29, 0.717) is 18.0 Å². The Balaban J connectivity index is 1.29. The number of carbonyl (C=O) groups is 3. The van der Waals surface area contributed by atoms with Crippen LogP contribution in [-0.2, 0) is 20.9 Å². The zero-order chi connectivity index (χ0) is 20.0. The summed E-state index contributed by atoms with van der Waals surface area (Å²) in [5, 5.41) is 2.74. The second-order valence-electron chi connectivity index (χ2n) is 7.74. The molecule has 4 atom stereocenters. The molecular formula is C23H20N2O4. The molecule has 2 heterocycles. The molecule has 1 aromatic carbocycles. The smallest absolute Gasteiger partial charge is 0.244 e. The first kappa shape index (κ1) is 17.7. The van der Waals surface area contributed by atoms with Crippen molar-refractivity contribution in [1.29, 1.82) is 0 Å². The van der Waals surface area contributed by atoms with E-state index in [2.05, 4.69) is 17.5 Å². The number of anilines is 1. The number of nitrogens with one attached hydrogen (secondary N) is 1. The number of rotatable bonds is 5. The summed E-state index contributed by atoms with van der Waals surface area (Å²) in [5.74, 6) is 0.155. The second kappa shape index (κ2) is 6.88. The molecule has 0 radical (unpaired) electrons. The van der Waals surface area contributed by atoms with E-state index in [9.17, 15) is 14.4 Å². The summed E-state index contributed by atoms with van der Waals surface area (Å²) in [4.78, 5) is 39.2. The minimum absolute atomic E-state index is 0.103. The Labute approximate surface area is 167 Å². The number of allylic oxidation sites excluding steroid dienone is 2. The van der Waals surface area contributed by atoms with Gasteiger partial charge in [0.05, 0.1) is 30.3 Å². The first-order valence-corrected chi connectivity index (χ1v) is 9.76. The zero-order valence-electron chi connectivity index (χ0n) is 15.7. The second-order valence-corrected chi connectivity index (χ2v) is 7.74. The van der Waals surface area contributed by atoms with Gasteiger partial charge in [0.2, 0.25) is 17.7 Å². The summed E-state index contributed by atoms with van der Waals surface area (Å²) < 4.78 is 5.18. The normalized spacial score (nSPS) is 27.2. The lowest BCUT2D eigenvalue weighted by Crippen LogP contribution is -2.32. The Morgan fingerprint density at radius 2 is 1.86 bits per heavy atom. The van der Waals surface area contributed by atoms with Crippen LogP contribution in [0.15, 0.2) is 65.3 Å². The summed E-state index contributed by atoms with van der Waals surface area (Å²) in [6.07, 6.45) is 9.73. The molecule has 0 unspecified atom stereocenters. The summed E-state index contributed by atoms with van der Waals surface area (Å²) in [7, 11) is 0. The lowest BCUT2D eigenvalue weighted by atomic mass is 9.85. The maximum Gasteiger partial charge on any atom is 0.244 e. The van der Waals surface area contributed by atoms with Gasteiger partial charge in [0, 0.05) is 6.08 Å². The molecule has 2 aromatic rings. The third kappa shape index (κ3) is 3.01. The number of hydrogen-bond acceptors (Lipinski definition) is 4. The third-order valence-electron chi connectivity index (χ3n) is 6.04. The van der Waals surface area contributed by atoms with Gasteiger partial charge >= 0.3 is 0 Å². The van der Waals surface area contributed by atoms with Gasteiger partial charge in [0.25, 0.3) is 0 Å². The fraction of sp³-hybridized carbons (Fsp3) is 0.261. The van der Waals surface area contributed by atoms with Gasteiger partial charge in [-0.3, -0.25) is 14.4 Å². The lowest BCUT2D eigenvalue weighted by molar-refractivity contribution is -0.123. The van der Waals surface area contributed by atoms with Crippen LogP contribution in [0.1, 0.15) is 17.7 Å². The van der Waals surface area contributed by atoms with Crippen molar-refractivity contribution in [2.75, 3.05) is 4.90 Å². The average Bonchev–Trinajstić information content (AvgIpc) is 3.50. The number of carbonyl (C=O) groups excluding carboxylic acids is 3. The van der Waals surface area contributed by atoms with Gasteiger partial charge < -0.3 is 9.73 Å². The third-order valence-corrected chi connectivity index (χ3v) is 6.04. The molecule has 6 heteroatoms. The van der Waals surface area contributed by atoms with Crippen molar-refractivity contribution < 1.29 is 18.8 Å². The van der Waals surface area contributed by atoms with Crippen molar-refractivity contribution in [2.24, 2.45) is 23.7 Å². The van der Waals surface area contributed by atoms with E-state index in [1.54, 1.807) is 42.7 Å². The van der Waals surface area contributed by atoms with Crippen LogP contribution in [0.2, 0.25) is 0 Å². The molecule has 146 valence electrons. The minimum atomic E-state index is -0.252. The molecule has 1 N–H and O–H groups in total. The number of amides is 3. The molecule has 5 rings (SSSR count). The van der Waals surface area contributed by atoms with Crippen LogP contribution in [0, 0.1) is 23.7 Å². The van der Waals surface area contributed by atoms with Crippen LogP contribution < -0.4 is 10.2 Å². The predicted molar refractivity (Wildman–Crippen MR) is 106 cm³/mol. The number of hydrogen-bond donors (Lipinski definition) is 1. The molecule has 1 aliphatic heterocycles. The van der Waals surface area contributed by atoms with E-state index >= 15 is 0 Å². The van der Waals surface area contributed by atoms with Crippen LogP contribution in [0.3, 0.4) is 0 Å². The van der Waals surface area contributed by atoms with Crippen molar-refractivity contribution in [3.8, 4) is 0 Å². The van der Waals surface area contributed by atoms with Gasteiger partial charge in [0.15, 0.2) is 0 Å². The number of nitrogens with zero attached hydrogens (tertiary/aromatic N) is 1. The maximum atomic E-state index is 12.9. The Bertz CT molecular complexity index is 1010. The van der Waals surface area contributed by atoms with Gasteiger partial charge in [0.1, 0.15) is 5.76 Å². The van der Waals surface area contributed by atoms with E-state index in [4.69, 9.17) is 4.42 Å². The molecule has 6 nitrogen and oxygen atoms in total. The lowest BCUT2D eigenvalue weighted by Gasteiger charge is -2.17. The molecule has 2 fully saturated rings. The van der Waals surface area contributed by atoms with Crippen molar-refractivity contribution in [3.63, 3.8) is 0 Å². The van der Waals surface area contributed by atoms with Gasteiger partial charge in [-0.2, -0.15) is 0 Å². The van der Waals surface area contributed by atoms with Gasteiger partial charge in [-0.15, -0.1) is 0 Å². The highest BCUT2D eigenvalue weighted by molar-refractivity contribution is 6.22. The number of imide groups is 1. The number of fused-ring (bicyclic) bond motifs is 5. The van der Waals surface area contributed by atoms with Gasteiger partial charge in [-0.25, -0.2) is 4.90 Å². The fourth-order valence-corrected chi connectivity index (χ4v) is 4.74. The molecule has 1 saturated carbocycles. The van der Waals surface area contributed by atoms with Crippen LogP contribution in [0.4, 0.5) is 5.69 Å². The van der Waals surface area contributed by atoms with Gasteiger partial charge in [-0.05, 0) is 54.2 Å². The quantitative estimate of drug-likeness (QED) is 0.485. The molecule has 1 aromatic heterocycles. The summed E-state index contributed by atoms with van der Waals surface area (Å²) in [6.45, 7) is 0.312. The maximum absolute atomic E-state index is 12.9. The highest BCUT2D eigenvalue weighted by Gasteiger charge is 2.59. The van der Waals surface area contributed by atoms with Crippen molar-refractivity contribution in [3.05, 3.63) is 72.2 Å². The van der Waals surface area contributed by atoms with Crippen LogP contribution >= 0.6 is 0 Å². The van der Waals surface area contributed by atoms with E-state index < -0.39 is 0 Å². The monoisotopic (exact) mass is 388 g/mol. The van der Waals surface area contributed by atoms with Crippen molar-refractivity contribution in [1.82, 2.24) is 5.32 Å². The first-order valence-electron chi connectivity index (χ1n) is 9.76. The molecular weight excluding hydrogens is 368 g/mol. The van der Waals surface area contributed by atoms with Crippen LogP contribution in [-0.4, -0.2) is 17.7 Å². The van der Waals surface area contributed by atoms with E-state index in [0.717, 1.165) is 12.0 Å². The fourth-order valence-electron chi connectivity index (χ4n) is 4.74. The summed E-state index contributed by atoms with van der Waals surface area (Å²) in [6, 6.07) is 10.7. The molecule has 3 aliphatic rings. The molecule has 2 aliphatic carbocycles. The predicted octanol–water partition coefficient (Wildman–Crippen LogP) is 2.92. The largest absolute Gasteiger partial charge is 0.467 e. The minimum Gasteiger partial charge on any atom is -0.467 e. The average molecular weight is 388 g/mol. The number of furan rings is 1.